The Balaban J connectivity index is 2.10. The highest BCUT2D eigenvalue weighted by Gasteiger charge is 2.45. The summed E-state index contributed by atoms with van der Waals surface area (Å²) >= 11 is 0. The summed E-state index contributed by atoms with van der Waals surface area (Å²) in [4.78, 5) is 0. The Bertz CT molecular complexity index is 780. The van der Waals surface area contributed by atoms with Gasteiger partial charge in [0.2, 0.25) is 10.0 Å². The van der Waals surface area contributed by atoms with Crippen molar-refractivity contribution in [1.29, 1.82) is 0 Å². The molecule has 5 nitrogen and oxygen atoms in total. The Hall–Kier alpha value is -1.69. The lowest BCUT2D eigenvalue weighted by molar-refractivity contribution is 0.00770. The summed E-state index contributed by atoms with van der Waals surface area (Å²) < 4.78 is 31.4. The number of benzene rings is 1. The van der Waals surface area contributed by atoms with Crippen molar-refractivity contribution in [3.8, 4) is 11.5 Å². The second-order valence-corrected chi connectivity index (χ2v) is 8.94. The SMILES string of the molecule is CC1=CCC2C(C1)c1c(O)cc(NS(C)(=O)=O)cc1OC2(C)C. The van der Waals surface area contributed by atoms with Crippen molar-refractivity contribution in [2.24, 2.45) is 5.92 Å². The molecule has 2 aliphatic rings. The van der Waals surface area contributed by atoms with Crippen LogP contribution < -0.4 is 9.46 Å². The summed E-state index contributed by atoms with van der Waals surface area (Å²) in [7, 11) is -3.41. The van der Waals surface area contributed by atoms with Gasteiger partial charge in [0.1, 0.15) is 17.1 Å². The second kappa shape index (κ2) is 5.16. The molecule has 0 radical (unpaired) electrons. The Morgan fingerprint density at radius 3 is 2.70 bits per heavy atom. The summed E-state index contributed by atoms with van der Waals surface area (Å²) in [5.74, 6) is 1.13. The van der Waals surface area contributed by atoms with Gasteiger partial charge >= 0.3 is 0 Å². The van der Waals surface area contributed by atoms with Gasteiger partial charge in [0.25, 0.3) is 0 Å². The zero-order valence-electron chi connectivity index (χ0n) is 13.9. The van der Waals surface area contributed by atoms with E-state index in [0.29, 0.717) is 17.4 Å². The van der Waals surface area contributed by atoms with Gasteiger partial charge in [-0.25, -0.2) is 8.42 Å². The highest BCUT2D eigenvalue weighted by molar-refractivity contribution is 7.92. The third-order valence-electron chi connectivity index (χ3n) is 4.81. The number of hydrogen-bond acceptors (Lipinski definition) is 4. The summed E-state index contributed by atoms with van der Waals surface area (Å²) in [5, 5.41) is 10.5. The van der Waals surface area contributed by atoms with Crippen LogP contribution in [-0.4, -0.2) is 25.4 Å². The van der Waals surface area contributed by atoms with Crippen molar-refractivity contribution in [1.82, 2.24) is 0 Å². The minimum atomic E-state index is -3.41. The number of fused-ring (bicyclic) bond motifs is 3. The fourth-order valence-corrected chi connectivity index (χ4v) is 4.38. The summed E-state index contributed by atoms with van der Waals surface area (Å²) in [6.07, 6.45) is 5.14. The van der Waals surface area contributed by atoms with E-state index < -0.39 is 10.0 Å². The van der Waals surface area contributed by atoms with Gasteiger partial charge in [-0.1, -0.05) is 11.6 Å². The fourth-order valence-electron chi connectivity index (χ4n) is 3.84. The maximum atomic E-state index is 11.4. The molecule has 1 heterocycles. The molecule has 0 fully saturated rings. The number of phenolic OH excluding ortho intramolecular Hbond substituents is 1. The average molecular weight is 337 g/mol. The lowest BCUT2D eigenvalue weighted by Gasteiger charge is -2.47. The van der Waals surface area contributed by atoms with Crippen molar-refractivity contribution >= 4 is 15.7 Å². The summed E-state index contributed by atoms with van der Waals surface area (Å²) in [5.41, 5.74) is 2.06. The highest BCUT2D eigenvalue weighted by atomic mass is 32.2. The number of anilines is 1. The van der Waals surface area contributed by atoms with Crippen LogP contribution in [0.2, 0.25) is 0 Å². The van der Waals surface area contributed by atoms with Crippen LogP contribution in [0, 0.1) is 5.92 Å². The molecule has 6 heteroatoms. The van der Waals surface area contributed by atoms with Crippen molar-refractivity contribution in [3.05, 3.63) is 29.3 Å². The number of ether oxygens (including phenoxy) is 1. The molecule has 0 saturated carbocycles. The van der Waals surface area contributed by atoms with E-state index in [2.05, 4.69) is 31.6 Å². The molecular formula is C17H23NO4S. The molecule has 0 bridgehead atoms. The first-order chi connectivity index (χ1) is 10.6. The maximum Gasteiger partial charge on any atom is 0.229 e. The molecule has 1 aromatic carbocycles. The van der Waals surface area contributed by atoms with E-state index in [-0.39, 0.29) is 17.3 Å². The largest absolute Gasteiger partial charge is 0.507 e. The molecule has 2 N–H and O–H groups in total. The maximum absolute atomic E-state index is 11.4. The topological polar surface area (TPSA) is 75.6 Å². The minimum absolute atomic E-state index is 0.0915. The smallest absolute Gasteiger partial charge is 0.229 e. The Labute approximate surface area is 137 Å². The van der Waals surface area contributed by atoms with Crippen LogP contribution in [-0.2, 0) is 10.0 Å². The third kappa shape index (κ3) is 3.04. The first-order valence-corrected chi connectivity index (χ1v) is 9.65. The number of hydrogen-bond donors (Lipinski definition) is 2. The average Bonchev–Trinajstić information content (AvgIpc) is 2.34. The van der Waals surface area contributed by atoms with Crippen molar-refractivity contribution in [3.63, 3.8) is 0 Å². The highest BCUT2D eigenvalue weighted by Crippen LogP contribution is 2.54. The number of nitrogens with one attached hydrogen (secondary N) is 1. The van der Waals surface area contributed by atoms with E-state index in [9.17, 15) is 13.5 Å². The first kappa shape index (κ1) is 16.2. The van der Waals surface area contributed by atoms with Gasteiger partial charge < -0.3 is 9.84 Å². The van der Waals surface area contributed by atoms with Crippen molar-refractivity contribution < 1.29 is 18.3 Å². The zero-order valence-corrected chi connectivity index (χ0v) is 14.7. The van der Waals surface area contributed by atoms with Crippen LogP contribution >= 0.6 is 0 Å². The van der Waals surface area contributed by atoms with Crippen LogP contribution in [0.25, 0.3) is 0 Å². The summed E-state index contributed by atoms with van der Waals surface area (Å²) in [6.45, 7) is 6.21. The van der Waals surface area contributed by atoms with E-state index in [1.165, 1.54) is 11.6 Å². The molecule has 1 aliphatic carbocycles. The molecule has 3 rings (SSSR count). The number of aromatic hydroxyl groups is 1. The molecule has 0 aromatic heterocycles. The molecule has 2 atom stereocenters. The monoisotopic (exact) mass is 337 g/mol. The van der Waals surface area contributed by atoms with Crippen LogP contribution in [0.1, 0.15) is 45.1 Å². The zero-order chi connectivity index (χ0) is 17.0. The normalized spacial score (nSPS) is 25.7. The number of phenols is 1. The van der Waals surface area contributed by atoms with Gasteiger partial charge in [0, 0.05) is 29.5 Å². The third-order valence-corrected chi connectivity index (χ3v) is 5.41. The van der Waals surface area contributed by atoms with Gasteiger partial charge in [-0.3, -0.25) is 4.72 Å². The van der Waals surface area contributed by atoms with Gasteiger partial charge in [-0.05, 0) is 33.6 Å². The van der Waals surface area contributed by atoms with E-state index in [1.807, 2.05) is 0 Å². The minimum Gasteiger partial charge on any atom is -0.507 e. The lowest BCUT2D eigenvalue weighted by atomic mass is 9.67. The molecule has 2 unspecified atom stereocenters. The van der Waals surface area contributed by atoms with Gasteiger partial charge in [-0.2, -0.15) is 0 Å². The first-order valence-electron chi connectivity index (χ1n) is 7.76. The van der Waals surface area contributed by atoms with Gasteiger partial charge in [0.05, 0.1) is 11.9 Å². The molecule has 1 aromatic rings. The van der Waals surface area contributed by atoms with E-state index in [1.54, 1.807) is 6.07 Å². The molecule has 0 saturated heterocycles. The standard InChI is InChI=1S/C17H23NO4S/c1-10-5-6-13-12(7-10)16-14(19)8-11(18-23(4,20)21)9-15(16)22-17(13,2)3/h5,8-9,12-13,18-19H,6-7H2,1-4H3. The number of rotatable bonds is 2. The molecule has 0 spiro atoms. The Morgan fingerprint density at radius 1 is 1.35 bits per heavy atom. The van der Waals surface area contributed by atoms with Gasteiger partial charge in [-0.15, -0.1) is 0 Å². The van der Waals surface area contributed by atoms with Gasteiger partial charge in [0.15, 0.2) is 0 Å². The van der Waals surface area contributed by atoms with Crippen molar-refractivity contribution in [2.45, 2.75) is 45.1 Å². The van der Waals surface area contributed by atoms with Crippen molar-refractivity contribution in [2.75, 3.05) is 11.0 Å². The molecule has 1 aliphatic heterocycles. The van der Waals surface area contributed by atoms with E-state index >= 15 is 0 Å². The van der Waals surface area contributed by atoms with Crippen LogP contribution in [0.5, 0.6) is 11.5 Å². The fraction of sp³-hybridized carbons (Fsp3) is 0.529. The molecule has 0 amide bonds. The number of sulfonamides is 1. The second-order valence-electron chi connectivity index (χ2n) is 7.19. The van der Waals surface area contributed by atoms with Crippen LogP contribution in [0.4, 0.5) is 5.69 Å². The quantitative estimate of drug-likeness (QED) is 0.811. The van der Waals surface area contributed by atoms with Crippen LogP contribution in [0.3, 0.4) is 0 Å². The van der Waals surface area contributed by atoms with Crippen LogP contribution in [0.15, 0.2) is 23.8 Å². The van der Waals surface area contributed by atoms with E-state index in [0.717, 1.165) is 24.7 Å². The number of allylic oxidation sites excluding steroid dienone is 2. The molecule has 23 heavy (non-hydrogen) atoms. The molecule has 126 valence electrons. The Kier molecular flexibility index (Phi) is 3.63. The predicted molar refractivity (Wildman–Crippen MR) is 90.5 cm³/mol. The lowest BCUT2D eigenvalue weighted by Crippen LogP contribution is -2.45. The summed E-state index contributed by atoms with van der Waals surface area (Å²) in [6, 6.07) is 3.13. The predicted octanol–water partition coefficient (Wildman–Crippen LogP) is 3.37. The Morgan fingerprint density at radius 2 is 2.04 bits per heavy atom. The molecular weight excluding hydrogens is 314 g/mol. The van der Waals surface area contributed by atoms with E-state index in [4.69, 9.17) is 4.74 Å².